The lowest BCUT2D eigenvalue weighted by atomic mass is 10.1. The standard InChI is InChI=1S/C20H14FN5/c1-25-10-15-17(11-25)23-20(24-19(15)13-6-8-14(21)9-7-13)26-12-22-16-4-2-3-5-18(16)26/h2-12H,1H3. The van der Waals surface area contributed by atoms with Crippen molar-refractivity contribution >= 4 is 21.9 Å². The summed E-state index contributed by atoms with van der Waals surface area (Å²) in [7, 11) is 1.95. The van der Waals surface area contributed by atoms with Crippen LogP contribution in [0.15, 0.2) is 67.3 Å². The summed E-state index contributed by atoms with van der Waals surface area (Å²) < 4.78 is 17.2. The smallest absolute Gasteiger partial charge is 0.236 e. The number of fused-ring (bicyclic) bond motifs is 2. The molecule has 0 bridgehead atoms. The molecule has 0 unspecified atom stereocenters. The Labute approximate surface area is 148 Å². The molecule has 26 heavy (non-hydrogen) atoms. The number of halogens is 1. The number of rotatable bonds is 2. The number of aromatic nitrogens is 5. The van der Waals surface area contributed by atoms with E-state index in [-0.39, 0.29) is 5.82 Å². The quantitative estimate of drug-likeness (QED) is 0.484. The van der Waals surface area contributed by atoms with Gasteiger partial charge in [-0.05, 0) is 36.4 Å². The molecule has 0 saturated carbocycles. The van der Waals surface area contributed by atoms with Gasteiger partial charge < -0.3 is 4.57 Å². The first-order valence-corrected chi connectivity index (χ1v) is 8.21. The van der Waals surface area contributed by atoms with Gasteiger partial charge in [-0.1, -0.05) is 12.1 Å². The van der Waals surface area contributed by atoms with Gasteiger partial charge in [-0.15, -0.1) is 0 Å². The lowest BCUT2D eigenvalue weighted by Gasteiger charge is -2.08. The van der Waals surface area contributed by atoms with Crippen LogP contribution < -0.4 is 0 Å². The minimum Gasteiger partial charge on any atom is -0.354 e. The van der Waals surface area contributed by atoms with Crippen molar-refractivity contribution in [2.24, 2.45) is 7.05 Å². The third-order valence-electron chi connectivity index (χ3n) is 4.41. The molecule has 0 fully saturated rings. The van der Waals surface area contributed by atoms with Gasteiger partial charge in [-0.2, -0.15) is 0 Å². The Balaban J connectivity index is 1.80. The van der Waals surface area contributed by atoms with Gasteiger partial charge in [0.2, 0.25) is 5.95 Å². The van der Waals surface area contributed by atoms with Crippen LogP contribution in [0.2, 0.25) is 0 Å². The predicted octanol–water partition coefficient (Wildman–Crippen LogP) is 4.11. The number of hydrogen-bond donors (Lipinski definition) is 0. The first-order chi connectivity index (χ1) is 12.7. The Morgan fingerprint density at radius 2 is 1.69 bits per heavy atom. The van der Waals surface area contributed by atoms with Crippen molar-refractivity contribution in [3.05, 3.63) is 73.1 Å². The van der Waals surface area contributed by atoms with E-state index < -0.39 is 0 Å². The van der Waals surface area contributed by atoms with Crippen LogP contribution in [-0.4, -0.2) is 24.1 Å². The zero-order valence-corrected chi connectivity index (χ0v) is 14.0. The highest BCUT2D eigenvalue weighted by Crippen LogP contribution is 2.28. The second-order valence-electron chi connectivity index (χ2n) is 6.20. The van der Waals surface area contributed by atoms with Crippen molar-refractivity contribution in [1.29, 1.82) is 0 Å². The van der Waals surface area contributed by atoms with Gasteiger partial charge in [0.05, 0.1) is 22.2 Å². The van der Waals surface area contributed by atoms with Gasteiger partial charge in [-0.25, -0.2) is 19.3 Å². The normalized spacial score (nSPS) is 11.5. The molecule has 0 spiro atoms. The van der Waals surface area contributed by atoms with Gasteiger partial charge in [0.1, 0.15) is 12.1 Å². The molecule has 0 N–H and O–H groups in total. The maximum atomic E-state index is 13.3. The topological polar surface area (TPSA) is 48.5 Å². The van der Waals surface area contributed by atoms with E-state index in [4.69, 9.17) is 9.97 Å². The van der Waals surface area contributed by atoms with Crippen LogP contribution in [0.25, 0.3) is 39.1 Å². The van der Waals surface area contributed by atoms with Crippen LogP contribution in [0.5, 0.6) is 0 Å². The van der Waals surface area contributed by atoms with E-state index in [1.54, 1.807) is 18.5 Å². The van der Waals surface area contributed by atoms with E-state index >= 15 is 0 Å². The number of aryl methyl sites for hydroxylation is 1. The van der Waals surface area contributed by atoms with Crippen LogP contribution in [0.1, 0.15) is 0 Å². The number of hydrogen-bond acceptors (Lipinski definition) is 3. The zero-order chi connectivity index (χ0) is 17.7. The number of imidazole rings is 1. The van der Waals surface area contributed by atoms with E-state index in [1.807, 2.05) is 52.8 Å². The Morgan fingerprint density at radius 1 is 0.885 bits per heavy atom. The second kappa shape index (κ2) is 5.49. The minimum atomic E-state index is -0.270. The maximum absolute atomic E-state index is 13.3. The van der Waals surface area contributed by atoms with E-state index in [9.17, 15) is 4.39 Å². The van der Waals surface area contributed by atoms with E-state index in [0.29, 0.717) is 5.95 Å². The van der Waals surface area contributed by atoms with Crippen molar-refractivity contribution in [1.82, 2.24) is 24.1 Å². The number of benzene rings is 2. The Morgan fingerprint density at radius 3 is 2.54 bits per heavy atom. The molecule has 126 valence electrons. The van der Waals surface area contributed by atoms with Gasteiger partial charge in [-0.3, -0.25) is 4.57 Å². The van der Waals surface area contributed by atoms with Crippen LogP contribution in [-0.2, 0) is 7.05 Å². The fourth-order valence-corrected chi connectivity index (χ4v) is 3.19. The predicted molar refractivity (Wildman–Crippen MR) is 98.5 cm³/mol. The van der Waals surface area contributed by atoms with Crippen molar-refractivity contribution < 1.29 is 4.39 Å². The molecule has 3 heterocycles. The van der Waals surface area contributed by atoms with Crippen LogP contribution in [0.3, 0.4) is 0 Å². The molecule has 0 atom stereocenters. The zero-order valence-electron chi connectivity index (χ0n) is 14.0. The summed E-state index contributed by atoms with van der Waals surface area (Å²) in [6.07, 6.45) is 5.65. The molecule has 0 aliphatic carbocycles. The van der Waals surface area contributed by atoms with Gasteiger partial charge in [0, 0.05) is 30.4 Å². The molecule has 3 aromatic heterocycles. The lowest BCUT2D eigenvalue weighted by molar-refractivity contribution is 0.628. The molecular formula is C20H14FN5. The molecule has 6 heteroatoms. The van der Waals surface area contributed by atoms with Crippen LogP contribution >= 0.6 is 0 Å². The monoisotopic (exact) mass is 343 g/mol. The van der Waals surface area contributed by atoms with Crippen LogP contribution in [0, 0.1) is 5.82 Å². The summed E-state index contributed by atoms with van der Waals surface area (Å²) >= 11 is 0. The molecule has 5 aromatic rings. The number of para-hydroxylation sites is 2. The van der Waals surface area contributed by atoms with E-state index in [2.05, 4.69) is 4.98 Å². The average molecular weight is 343 g/mol. The maximum Gasteiger partial charge on any atom is 0.236 e. The first-order valence-electron chi connectivity index (χ1n) is 8.21. The highest BCUT2D eigenvalue weighted by Gasteiger charge is 2.14. The lowest BCUT2D eigenvalue weighted by Crippen LogP contribution is -2.01. The summed E-state index contributed by atoms with van der Waals surface area (Å²) in [6.45, 7) is 0. The summed E-state index contributed by atoms with van der Waals surface area (Å²) in [4.78, 5) is 13.9. The largest absolute Gasteiger partial charge is 0.354 e. The molecule has 0 amide bonds. The molecule has 0 saturated heterocycles. The fourth-order valence-electron chi connectivity index (χ4n) is 3.19. The fraction of sp³-hybridized carbons (Fsp3) is 0.0500. The average Bonchev–Trinajstić information content (AvgIpc) is 3.24. The van der Waals surface area contributed by atoms with E-state index in [1.165, 1.54) is 12.1 Å². The first kappa shape index (κ1) is 14.8. The molecule has 2 aromatic carbocycles. The summed E-state index contributed by atoms with van der Waals surface area (Å²) in [5.74, 6) is 0.268. The molecule has 0 radical (unpaired) electrons. The Kier molecular flexibility index (Phi) is 3.12. The summed E-state index contributed by atoms with van der Waals surface area (Å²) in [6, 6.07) is 14.2. The molecule has 5 nitrogen and oxygen atoms in total. The molecule has 5 rings (SSSR count). The van der Waals surface area contributed by atoms with Crippen molar-refractivity contribution in [2.45, 2.75) is 0 Å². The second-order valence-corrected chi connectivity index (χ2v) is 6.20. The summed E-state index contributed by atoms with van der Waals surface area (Å²) in [5, 5.41) is 0.923. The van der Waals surface area contributed by atoms with Gasteiger partial charge in [0.25, 0.3) is 0 Å². The number of nitrogens with zero attached hydrogens (tertiary/aromatic N) is 5. The van der Waals surface area contributed by atoms with Crippen molar-refractivity contribution in [3.8, 4) is 17.2 Å². The van der Waals surface area contributed by atoms with Gasteiger partial charge in [0.15, 0.2) is 0 Å². The third kappa shape index (κ3) is 2.27. The third-order valence-corrected chi connectivity index (χ3v) is 4.41. The van der Waals surface area contributed by atoms with Crippen LogP contribution in [0.4, 0.5) is 4.39 Å². The highest BCUT2D eigenvalue weighted by atomic mass is 19.1. The molecular weight excluding hydrogens is 329 g/mol. The Bertz CT molecular complexity index is 1250. The van der Waals surface area contributed by atoms with E-state index in [0.717, 1.165) is 33.2 Å². The minimum absolute atomic E-state index is 0.270. The van der Waals surface area contributed by atoms with Crippen molar-refractivity contribution in [3.63, 3.8) is 0 Å². The highest BCUT2D eigenvalue weighted by molar-refractivity contribution is 5.93. The SMILES string of the molecule is Cn1cc2nc(-n3cnc4ccccc43)nc(-c3ccc(F)cc3)c2c1. The molecule has 0 aliphatic rings. The van der Waals surface area contributed by atoms with Crippen molar-refractivity contribution in [2.75, 3.05) is 0 Å². The Hall–Kier alpha value is -3.54. The molecule has 0 aliphatic heterocycles. The summed E-state index contributed by atoms with van der Waals surface area (Å²) in [5.41, 5.74) is 4.26. The van der Waals surface area contributed by atoms with Gasteiger partial charge >= 0.3 is 0 Å².